The van der Waals surface area contributed by atoms with Gasteiger partial charge in [0.15, 0.2) is 0 Å². The summed E-state index contributed by atoms with van der Waals surface area (Å²) < 4.78 is 0. The Labute approximate surface area is 126 Å². The summed E-state index contributed by atoms with van der Waals surface area (Å²) in [5, 5.41) is 10.6. The van der Waals surface area contributed by atoms with E-state index in [0.29, 0.717) is 0 Å². The maximum atomic E-state index is 3.99. The number of benzene rings is 1. The highest BCUT2D eigenvalue weighted by molar-refractivity contribution is 5.58. The van der Waals surface area contributed by atoms with Crippen LogP contribution in [0.4, 0.5) is 0 Å². The minimum absolute atomic E-state index is 0.838. The van der Waals surface area contributed by atoms with Crippen molar-refractivity contribution in [3.05, 3.63) is 42.1 Å². The summed E-state index contributed by atoms with van der Waals surface area (Å²) in [4.78, 5) is 2.42. The highest BCUT2D eigenvalue weighted by Gasteiger charge is 2.15. The minimum atomic E-state index is 0.838. The van der Waals surface area contributed by atoms with Crippen molar-refractivity contribution in [1.82, 2.24) is 20.4 Å². The standard InChI is InChI=1S/C17H24N4/c1-21-10-7-15(8-11-21)13-18-12-14-2-4-16(5-3-14)17-6-9-19-20-17/h2-6,9,15,18H,7-8,10-13H2,1H3,(H,19,20). The molecule has 1 aromatic heterocycles. The molecule has 1 aliphatic heterocycles. The second kappa shape index (κ2) is 6.87. The van der Waals surface area contributed by atoms with Gasteiger partial charge in [0.1, 0.15) is 0 Å². The zero-order valence-corrected chi connectivity index (χ0v) is 12.7. The summed E-state index contributed by atoms with van der Waals surface area (Å²) in [5.41, 5.74) is 3.60. The first kappa shape index (κ1) is 14.3. The monoisotopic (exact) mass is 284 g/mol. The van der Waals surface area contributed by atoms with E-state index in [1.165, 1.54) is 37.1 Å². The molecule has 0 aliphatic carbocycles. The molecule has 0 bridgehead atoms. The zero-order valence-electron chi connectivity index (χ0n) is 12.7. The second-order valence-electron chi connectivity index (χ2n) is 6.04. The summed E-state index contributed by atoms with van der Waals surface area (Å²) in [6.07, 6.45) is 4.43. The van der Waals surface area contributed by atoms with Crippen LogP contribution in [0.3, 0.4) is 0 Å². The third-order valence-corrected chi connectivity index (χ3v) is 4.37. The lowest BCUT2D eigenvalue weighted by atomic mass is 9.97. The SMILES string of the molecule is CN1CCC(CNCc2ccc(-c3ccn[nH]3)cc2)CC1. The molecular formula is C17H24N4. The highest BCUT2D eigenvalue weighted by Crippen LogP contribution is 2.17. The number of hydrogen-bond donors (Lipinski definition) is 2. The number of hydrogen-bond acceptors (Lipinski definition) is 3. The molecule has 1 saturated heterocycles. The summed E-state index contributed by atoms with van der Waals surface area (Å²) in [6, 6.07) is 10.7. The Hall–Kier alpha value is -1.65. The first-order valence-electron chi connectivity index (χ1n) is 7.79. The Bertz CT molecular complexity index is 524. The van der Waals surface area contributed by atoms with Gasteiger partial charge in [-0.25, -0.2) is 0 Å². The lowest BCUT2D eigenvalue weighted by molar-refractivity contribution is 0.216. The van der Waals surface area contributed by atoms with Gasteiger partial charge in [0, 0.05) is 12.7 Å². The van der Waals surface area contributed by atoms with Crippen molar-refractivity contribution >= 4 is 0 Å². The third kappa shape index (κ3) is 3.93. The fraction of sp³-hybridized carbons (Fsp3) is 0.471. The number of piperidine rings is 1. The first-order valence-corrected chi connectivity index (χ1v) is 7.79. The second-order valence-corrected chi connectivity index (χ2v) is 6.04. The van der Waals surface area contributed by atoms with Crippen molar-refractivity contribution < 1.29 is 0 Å². The van der Waals surface area contributed by atoms with Gasteiger partial charge in [-0.2, -0.15) is 5.10 Å². The predicted octanol–water partition coefficient (Wildman–Crippen LogP) is 2.51. The maximum Gasteiger partial charge on any atom is 0.0650 e. The van der Waals surface area contributed by atoms with E-state index < -0.39 is 0 Å². The van der Waals surface area contributed by atoms with E-state index in [9.17, 15) is 0 Å². The van der Waals surface area contributed by atoms with Crippen LogP contribution in [-0.2, 0) is 6.54 Å². The number of aromatic amines is 1. The van der Waals surface area contributed by atoms with Crippen molar-refractivity contribution in [1.29, 1.82) is 0 Å². The van der Waals surface area contributed by atoms with E-state index in [1.807, 2.05) is 6.07 Å². The topological polar surface area (TPSA) is 44.0 Å². The molecule has 0 saturated carbocycles. The van der Waals surface area contributed by atoms with E-state index >= 15 is 0 Å². The van der Waals surface area contributed by atoms with E-state index in [-0.39, 0.29) is 0 Å². The Balaban J connectivity index is 1.45. The Kier molecular flexibility index (Phi) is 4.68. The normalized spacial score (nSPS) is 17.2. The smallest absolute Gasteiger partial charge is 0.0650 e. The number of nitrogens with zero attached hydrogens (tertiary/aromatic N) is 2. The zero-order chi connectivity index (χ0) is 14.5. The first-order chi connectivity index (χ1) is 10.3. The van der Waals surface area contributed by atoms with E-state index in [4.69, 9.17) is 0 Å². The molecule has 21 heavy (non-hydrogen) atoms. The molecule has 4 heteroatoms. The maximum absolute atomic E-state index is 3.99. The number of aromatic nitrogens is 2. The van der Waals surface area contributed by atoms with Gasteiger partial charge in [-0.1, -0.05) is 24.3 Å². The highest BCUT2D eigenvalue weighted by atomic mass is 15.1. The summed E-state index contributed by atoms with van der Waals surface area (Å²) in [6.45, 7) is 4.57. The molecule has 1 aliphatic rings. The molecule has 0 atom stereocenters. The molecule has 2 N–H and O–H groups in total. The van der Waals surface area contributed by atoms with E-state index in [1.54, 1.807) is 6.20 Å². The molecule has 0 unspecified atom stereocenters. The fourth-order valence-electron chi connectivity index (χ4n) is 2.91. The molecule has 112 valence electrons. The van der Waals surface area contributed by atoms with Gasteiger partial charge in [0.05, 0.1) is 5.69 Å². The van der Waals surface area contributed by atoms with Gasteiger partial charge in [0.2, 0.25) is 0 Å². The van der Waals surface area contributed by atoms with Crippen LogP contribution >= 0.6 is 0 Å². The van der Waals surface area contributed by atoms with Crippen LogP contribution in [0.25, 0.3) is 11.3 Å². The molecule has 0 amide bonds. The van der Waals surface area contributed by atoms with Crippen LogP contribution in [0.2, 0.25) is 0 Å². The van der Waals surface area contributed by atoms with Gasteiger partial charge >= 0.3 is 0 Å². The van der Waals surface area contributed by atoms with E-state index in [0.717, 1.165) is 24.7 Å². The van der Waals surface area contributed by atoms with Crippen LogP contribution < -0.4 is 5.32 Å². The Morgan fingerprint density at radius 2 is 1.95 bits per heavy atom. The lowest BCUT2D eigenvalue weighted by Gasteiger charge is -2.29. The van der Waals surface area contributed by atoms with Gasteiger partial charge in [0.25, 0.3) is 0 Å². The third-order valence-electron chi connectivity index (χ3n) is 4.37. The predicted molar refractivity (Wildman–Crippen MR) is 86.0 cm³/mol. The number of rotatable bonds is 5. The van der Waals surface area contributed by atoms with Crippen molar-refractivity contribution in [2.24, 2.45) is 5.92 Å². The molecule has 1 aromatic carbocycles. The Morgan fingerprint density at radius 3 is 2.62 bits per heavy atom. The van der Waals surface area contributed by atoms with E-state index in [2.05, 4.69) is 51.7 Å². The number of nitrogens with one attached hydrogen (secondary N) is 2. The molecule has 2 heterocycles. The molecule has 2 aromatic rings. The largest absolute Gasteiger partial charge is 0.312 e. The molecular weight excluding hydrogens is 260 g/mol. The van der Waals surface area contributed by atoms with Crippen LogP contribution in [0, 0.1) is 5.92 Å². The molecule has 0 radical (unpaired) electrons. The van der Waals surface area contributed by atoms with Crippen LogP contribution in [0.5, 0.6) is 0 Å². The van der Waals surface area contributed by atoms with Crippen molar-refractivity contribution in [2.75, 3.05) is 26.7 Å². The van der Waals surface area contributed by atoms with Crippen LogP contribution in [0.15, 0.2) is 36.5 Å². The van der Waals surface area contributed by atoms with Gasteiger partial charge in [-0.05, 0) is 62.6 Å². The molecule has 4 nitrogen and oxygen atoms in total. The Morgan fingerprint density at radius 1 is 1.19 bits per heavy atom. The number of likely N-dealkylation sites (tertiary alicyclic amines) is 1. The number of H-pyrrole nitrogens is 1. The summed E-state index contributed by atoms with van der Waals surface area (Å²) in [7, 11) is 2.21. The molecule has 1 fully saturated rings. The summed E-state index contributed by atoms with van der Waals surface area (Å²) in [5.74, 6) is 0.838. The van der Waals surface area contributed by atoms with Crippen LogP contribution in [-0.4, -0.2) is 41.8 Å². The van der Waals surface area contributed by atoms with Crippen molar-refractivity contribution in [3.63, 3.8) is 0 Å². The average Bonchev–Trinajstić information content (AvgIpc) is 3.04. The summed E-state index contributed by atoms with van der Waals surface area (Å²) >= 11 is 0. The van der Waals surface area contributed by atoms with Gasteiger partial charge < -0.3 is 10.2 Å². The average molecular weight is 284 g/mol. The van der Waals surface area contributed by atoms with Crippen LogP contribution in [0.1, 0.15) is 18.4 Å². The lowest BCUT2D eigenvalue weighted by Crippen LogP contribution is -2.34. The van der Waals surface area contributed by atoms with Crippen molar-refractivity contribution in [2.45, 2.75) is 19.4 Å². The fourth-order valence-corrected chi connectivity index (χ4v) is 2.91. The molecule has 3 rings (SSSR count). The van der Waals surface area contributed by atoms with Gasteiger partial charge in [-0.3, -0.25) is 5.10 Å². The van der Waals surface area contributed by atoms with Crippen molar-refractivity contribution in [3.8, 4) is 11.3 Å². The minimum Gasteiger partial charge on any atom is -0.312 e. The molecule has 0 spiro atoms. The quantitative estimate of drug-likeness (QED) is 0.886. The van der Waals surface area contributed by atoms with Gasteiger partial charge in [-0.15, -0.1) is 0 Å².